The first-order chi connectivity index (χ1) is 12.9. The van der Waals surface area contributed by atoms with Gasteiger partial charge in [-0.25, -0.2) is 4.79 Å². The fraction of sp³-hybridized carbons (Fsp3) is 0.158. The number of carbonyl (C=O) groups is 2. The minimum atomic E-state index is -0.766. The van der Waals surface area contributed by atoms with E-state index in [2.05, 4.69) is 10.1 Å². The van der Waals surface area contributed by atoms with Crippen LogP contribution in [-0.4, -0.2) is 23.9 Å². The Kier molecular flexibility index (Phi) is 4.89. The Morgan fingerprint density at radius 2 is 1.85 bits per heavy atom. The Balaban J connectivity index is 1.87. The zero-order chi connectivity index (χ0) is 19.6. The van der Waals surface area contributed by atoms with Gasteiger partial charge in [-0.2, -0.15) is 0 Å². The van der Waals surface area contributed by atoms with Gasteiger partial charge >= 0.3 is 5.97 Å². The van der Waals surface area contributed by atoms with Gasteiger partial charge in [-0.15, -0.1) is 0 Å². The number of methoxy groups -OCH3 is 1. The highest BCUT2D eigenvalue weighted by Crippen LogP contribution is 2.24. The van der Waals surface area contributed by atoms with Crippen molar-refractivity contribution in [1.29, 1.82) is 0 Å². The summed E-state index contributed by atoms with van der Waals surface area (Å²) < 4.78 is 10.3. The van der Waals surface area contributed by atoms with Crippen molar-refractivity contribution in [3.63, 3.8) is 0 Å². The Morgan fingerprint density at radius 3 is 2.52 bits per heavy atom. The molecule has 1 aromatic heterocycles. The van der Waals surface area contributed by atoms with E-state index in [1.165, 1.54) is 6.07 Å². The molecule has 0 unspecified atom stereocenters. The fourth-order valence-electron chi connectivity index (χ4n) is 2.65. The number of benzene rings is 2. The maximum atomic E-state index is 12.6. The normalized spacial score (nSPS) is 11.8. The minimum absolute atomic E-state index is 0.0208. The Labute approximate surface area is 153 Å². The van der Waals surface area contributed by atoms with E-state index >= 15 is 0 Å². The van der Waals surface area contributed by atoms with Crippen LogP contribution in [-0.2, 0) is 4.74 Å². The summed E-state index contributed by atoms with van der Waals surface area (Å²) in [6, 6.07) is 12.2. The SMILES string of the molecule is COC(=O)c1cc(C(=O)N[C@@H](C)c2cc3ccccc3o2)cc([N+](=O)[O-])c1. The molecule has 0 fully saturated rings. The molecular weight excluding hydrogens is 352 g/mol. The lowest BCUT2D eigenvalue weighted by Crippen LogP contribution is -2.26. The number of carbonyl (C=O) groups excluding carboxylic acids is 2. The number of nitrogens with one attached hydrogen (secondary N) is 1. The molecule has 3 aromatic rings. The van der Waals surface area contributed by atoms with Crippen LogP contribution < -0.4 is 5.32 Å². The van der Waals surface area contributed by atoms with Crippen LogP contribution in [0, 0.1) is 10.1 Å². The van der Waals surface area contributed by atoms with Crippen molar-refractivity contribution in [3.8, 4) is 0 Å². The molecule has 8 heteroatoms. The number of amides is 1. The Hall–Kier alpha value is -3.68. The van der Waals surface area contributed by atoms with E-state index in [4.69, 9.17) is 4.42 Å². The fourth-order valence-corrected chi connectivity index (χ4v) is 2.65. The molecule has 1 atom stereocenters. The van der Waals surface area contributed by atoms with Gasteiger partial charge in [0.2, 0.25) is 0 Å². The molecular formula is C19H16N2O6. The second-order valence-electron chi connectivity index (χ2n) is 5.90. The zero-order valence-corrected chi connectivity index (χ0v) is 14.6. The first-order valence-electron chi connectivity index (χ1n) is 8.06. The zero-order valence-electron chi connectivity index (χ0n) is 14.6. The van der Waals surface area contributed by atoms with E-state index in [0.29, 0.717) is 11.3 Å². The van der Waals surface area contributed by atoms with Crippen molar-refractivity contribution in [2.24, 2.45) is 0 Å². The van der Waals surface area contributed by atoms with Gasteiger partial charge in [-0.3, -0.25) is 14.9 Å². The second-order valence-corrected chi connectivity index (χ2v) is 5.90. The average molecular weight is 368 g/mol. The summed E-state index contributed by atoms with van der Waals surface area (Å²) >= 11 is 0. The molecule has 0 aliphatic rings. The maximum absolute atomic E-state index is 12.6. The molecule has 3 rings (SSSR count). The van der Waals surface area contributed by atoms with E-state index < -0.39 is 22.8 Å². The largest absolute Gasteiger partial charge is 0.465 e. The molecule has 0 saturated heterocycles. The number of para-hydroxylation sites is 1. The molecule has 1 heterocycles. The maximum Gasteiger partial charge on any atom is 0.338 e. The van der Waals surface area contributed by atoms with Crippen molar-refractivity contribution < 1.29 is 23.7 Å². The van der Waals surface area contributed by atoms with Crippen LogP contribution in [0.4, 0.5) is 5.69 Å². The number of fused-ring (bicyclic) bond motifs is 1. The van der Waals surface area contributed by atoms with E-state index in [9.17, 15) is 19.7 Å². The lowest BCUT2D eigenvalue weighted by molar-refractivity contribution is -0.384. The first kappa shape index (κ1) is 18.1. The third-order valence-corrected chi connectivity index (χ3v) is 4.03. The molecule has 0 aliphatic carbocycles. The summed E-state index contributed by atoms with van der Waals surface area (Å²) in [5.74, 6) is -0.793. The summed E-state index contributed by atoms with van der Waals surface area (Å²) in [6.07, 6.45) is 0. The Morgan fingerprint density at radius 1 is 1.15 bits per heavy atom. The van der Waals surface area contributed by atoms with Crippen molar-refractivity contribution >= 4 is 28.5 Å². The van der Waals surface area contributed by atoms with Gasteiger partial charge in [0, 0.05) is 23.1 Å². The number of hydrogen-bond donors (Lipinski definition) is 1. The molecule has 1 amide bonds. The number of nitrogens with zero attached hydrogens (tertiary/aromatic N) is 1. The summed E-state index contributed by atoms with van der Waals surface area (Å²) in [4.78, 5) is 34.7. The van der Waals surface area contributed by atoms with Crippen LogP contribution in [0.3, 0.4) is 0 Å². The summed E-state index contributed by atoms with van der Waals surface area (Å²) in [6.45, 7) is 1.73. The van der Waals surface area contributed by atoms with E-state index in [1.54, 1.807) is 6.92 Å². The molecule has 0 saturated carbocycles. The molecule has 138 valence electrons. The van der Waals surface area contributed by atoms with Crippen LogP contribution in [0.2, 0.25) is 0 Å². The van der Waals surface area contributed by atoms with Crippen LogP contribution >= 0.6 is 0 Å². The van der Waals surface area contributed by atoms with Crippen molar-refractivity contribution in [3.05, 3.63) is 75.5 Å². The van der Waals surface area contributed by atoms with Crippen LogP contribution in [0.1, 0.15) is 39.4 Å². The van der Waals surface area contributed by atoms with Crippen LogP contribution in [0.5, 0.6) is 0 Å². The summed E-state index contributed by atoms with van der Waals surface area (Å²) in [5.41, 5.74) is 0.220. The molecule has 0 spiro atoms. The summed E-state index contributed by atoms with van der Waals surface area (Å²) in [5, 5.41) is 14.7. The van der Waals surface area contributed by atoms with E-state index in [-0.39, 0.29) is 16.8 Å². The van der Waals surface area contributed by atoms with Gasteiger partial charge in [0.1, 0.15) is 11.3 Å². The minimum Gasteiger partial charge on any atom is -0.465 e. The van der Waals surface area contributed by atoms with E-state index in [1.807, 2.05) is 30.3 Å². The number of non-ortho nitro benzene ring substituents is 1. The number of nitro groups is 1. The smallest absolute Gasteiger partial charge is 0.338 e. The lowest BCUT2D eigenvalue weighted by atomic mass is 10.1. The predicted molar refractivity (Wildman–Crippen MR) is 96.5 cm³/mol. The highest BCUT2D eigenvalue weighted by Gasteiger charge is 2.20. The van der Waals surface area contributed by atoms with Gasteiger partial charge in [-0.05, 0) is 25.1 Å². The predicted octanol–water partition coefficient (Wildman–Crippen LogP) is 3.62. The number of nitro benzene ring substituents is 1. The highest BCUT2D eigenvalue weighted by atomic mass is 16.6. The van der Waals surface area contributed by atoms with Crippen molar-refractivity contribution in [1.82, 2.24) is 5.32 Å². The Bertz CT molecular complexity index is 1010. The average Bonchev–Trinajstić information content (AvgIpc) is 3.11. The molecule has 0 radical (unpaired) electrons. The quantitative estimate of drug-likeness (QED) is 0.418. The number of ether oxygens (including phenoxy) is 1. The van der Waals surface area contributed by atoms with Gasteiger partial charge in [0.25, 0.3) is 11.6 Å². The van der Waals surface area contributed by atoms with Crippen LogP contribution in [0.15, 0.2) is 52.9 Å². The summed E-state index contributed by atoms with van der Waals surface area (Å²) in [7, 11) is 1.16. The molecule has 0 bridgehead atoms. The third kappa shape index (κ3) is 3.79. The van der Waals surface area contributed by atoms with Gasteiger partial charge in [0.05, 0.1) is 23.6 Å². The molecule has 0 aliphatic heterocycles. The third-order valence-electron chi connectivity index (χ3n) is 4.03. The van der Waals surface area contributed by atoms with Gasteiger partial charge in [-0.1, -0.05) is 18.2 Å². The number of furan rings is 1. The van der Waals surface area contributed by atoms with Gasteiger partial charge < -0.3 is 14.5 Å². The molecule has 2 aromatic carbocycles. The van der Waals surface area contributed by atoms with Crippen molar-refractivity contribution in [2.75, 3.05) is 7.11 Å². The number of hydrogen-bond acceptors (Lipinski definition) is 6. The molecule has 27 heavy (non-hydrogen) atoms. The topological polar surface area (TPSA) is 112 Å². The van der Waals surface area contributed by atoms with Crippen molar-refractivity contribution in [2.45, 2.75) is 13.0 Å². The highest BCUT2D eigenvalue weighted by molar-refractivity contribution is 5.99. The first-order valence-corrected chi connectivity index (χ1v) is 8.06. The molecule has 1 N–H and O–H groups in total. The van der Waals surface area contributed by atoms with Crippen LogP contribution in [0.25, 0.3) is 11.0 Å². The standard InChI is InChI=1S/C19H16N2O6/c1-11(17-10-12-5-3-4-6-16(12)27-17)20-18(22)13-7-14(19(23)26-2)9-15(8-13)21(24)25/h3-11H,1-2H3,(H,20,22)/t11-/m0/s1. The second kappa shape index (κ2) is 7.28. The number of esters is 1. The van der Waals surface area contributed by atoms with E-state index in [0.717, 1.165) is 24.6 Å². The monoisotopic (exact) mass is 368 g/mol. The lowest BCUT2D eigenvalue weighted by Gasteiger charge is -2.12. The number of rotatable bonds is 5. The van der Waals surface area contributed by atoms with Gasteiger partial charge in [0.15, 0.2) is 0 Å². The molecule has 8 nitrogen and oxygen atoms in total.